The van der Waals surface area contributed by atoms with Crippen LogP contribution >= 0.6 is 0 Å². The van der Waals surface area contributed by atoms with Gasteiger partial charge in [-0.1, -0.05) is 105 Å². The van der Waals surface area contributed by atoms with Gasteiger partial charge in [0.05, 0.1) is 6.61 Å². The Morgan fingerprint density at radius 1 is 0.767 bits per heavy atom. The topological polar surface area (TPSA) is 35.5 Å². The van der Waals surface area contributed by atoms with E-state index in [-0.39, 0.29) is 17.1 Å². The number of hydrogen-bond donors (Lipinski definition) is 0. The molecule has 0 aliphatic rings. The lowest BCUT2D eigenvalue weighted by Gasteiger charge is -2.39. The van der Waals surface area contributed by atoms with Gasteiger partial charge in [0.15, 0.2) is 8.32 Å². The zero-order valence-corrected chi connectivity index (χ0v) is 22.6. The summed E-state index contributed by atoms with van der Waals surface area (Å²) in [5.74, 6) is -0.0870. The standard InChI is InChI=1S/C26H54O3Si/c1-8-10-11-12-13-14-15-16-17-18-19-20-21-24(22-23-25(27)28-9-2)29-30(6,7)26(3,4)5/h24H,8-23H2,1-7H3/t24-/m0/s1. The highest BCUT2D eigenvalue weighted by atomic mass is 28.4. The summed E-state index contributed by atoms with van der Waals surface area (Å²) in [6.07, 6.45) is 19.0. The van der Waals surface area contributed by atoms with Gasteiger partial charge in [0.2, 0.25) is 0 Å². The second-order valence-corrected chi connectivity index (χ2v) is 15.3. The summed E-state index contributed by atoms with van der Waals surface area (Å²) in [6.45, 7) is 16.1. The van der Waals surface area contributed by atoms with Gasteiger partial charge in [0.1, 0.15) is 0 Å². The summed E-state index contributed by atoms with van der Waals surface area (Å²) < 4.78 is 11.8. The maximum Gasteiger partial charge on any atom is 0.305 e. The Bertz CT molecular complexity index is 415. The SMILES string of the molecule is CCCCCCCCCCCCCC[C@@H](CCC(=O)OCC)O[Si](C)(C)C(C)(C)C. The third kappa shape index (κ3) is 15.4. The van der Waals surface area contributed by atoms with Gasteiger partial charge in [-0.15, -0.1) is 0 Å². The molecule has 30 heavy (non-hydrogen) atoms. The third-order valence-electron chi connectivity index (χ3n) is 6.62. The monoisotopic (exact) mass is 442 g/mol. The van der Waals surface area contributed by atoms with Crippen LogP contribution in [0, 0.1) is 0 Å². The predicted octanol–water partition coefficient (Wildman–Crippen LogP) is 8.81. The van der Waals surface area contributed by atoms with Crippen molar-refractivity contribution >= 4 is 14.3 Å². The molecule has 180 valence electrons. The van der Waals surface area contributed by atoms with E-state index in [0.717, 1.165) is 12.8 Å². The molecule has 0 saturated heterocycles. The molecule has 4 heteroatoms. The van der Waals surface area contributed by atoms with Crippen molar-refractivity contribution in [2.24, 2.45) is 0 Å². The molecular weight excluding hydrogens is 388 g/mol. The number of carbonyl (C=O) groups excluding carboxylic acids is 1. The molecule has 0 aliphatic heterocycles. The molecule has 0 radical (unpaired) electrons. The molecule has 0 aromatic carbocycles. The Hall–Kier alpha value is -0.353. The lowest BCUT2D eigenvalue weighted by atomic mass is 10.0. The van der Waals surface area contributed by atoms with Crippen molar-refractivity contribution in [2.45, 2.75) is 155 Å². The molecule has 0 saturated carbocycles. The normalized spacial score (nSPS) is 13.4. The molecule has 0 heterocycles. The Morgan fingerprint density at radius 2 is 1.23 bits per heavy atom. The van der Waals surface area contributed by atoms with Gasteiger partial charge in [-0.3, -0.25) is 4.79 Å². The first kappa shape index (κ1) is 29.6. The lowest BCUT2D eigenvalue weighted by Crippen LogP contribution is -2.44. The van der Waals surface area contributed by atoms with Crippen LogP contribution in [0.25, 0.3) is 0 Å². The number of ether oxygens (including phenoxy) is 1. The van der Waals surface area contributed by atoms with Gasteiger partial charge in [-0.05, 0) is 37.9 Å². The van der Waals surface area contributed by atoms with E-state index in [1.165, 1.54) is 77.0 Å². The van der Waals surface area contributed by atoms with Gasteiger partial charge < -0.3 is 9.16 Å². The van der Waals surface area contributed by atoms with Crippen LogP contribution in [-0.4, -0.2) is 27.0 Å². The number of rotatable bonds is 19. The maximum atomic E-state index is 11.8. The zero-order valence-electron chi connectivity index (χ0n) is 21.6. The Morgan fingerprint density at radius 3 is 1.67 bits per heavy atom. The maximum absolute atomic E-state index is 11.8. The largest absolute Gasteiger partial charge is 0.466 e. The van der Waals surface area contributed by atoms with Crippen LogP contribution in [-0.2, 0) is 14.0 Å². The summed E-state index contributed by atoms with van der Waals surface area (Å²) in [7, 11) is -1.81. The van der Waals surface area contributed by atoms with Gasteiger partial charge >= 0.3 is 5.97 Å². The fourth-order valence-corrected chi connectivity index (χ4v) is 5.00. The van der Waals surface area contributed by atoms with E-state index in [9.17, 15) is 4.79 Å². The molecule has 0 N–H and O–H groups in total. The predicted molar refractivity (Wildman–Crippen MR) is 134 cm³/mol. The molecule has 0 amide bonds. The van der Waals surface area contributed by atoms with Gasteiger partial charge in [-0.25, -0.2) is 0 Å². The van der Waals surface area contributed by atoms with Crippen molar-refractivity contribution in [1.82, 2.24) is 0 Å². The second kappa shape index (κ2) is 17.2. The first-order chi connectivity index (χ1) is 14.1. The molecule has 0 aliphatic carbocycles. The fourth-order valence-electron chi connectivity index (χ4n) is 3.58. The molecule has 0 aromatic heterocycles. The number of hydrogen-bond acceptors (Lipinski definition) is 3. The summed E-state index contributed by atoms with van der Waals surface area (Å²) in [5, 5.41) is 0.200. The molecule has 0 fully saturated rings. The fraction of sp³-hybridized carbons (Fsp3) is 0.962. The van der Waals surface area contributed by atoms with E-state index in [1.807, 2.05) is 6.92 Å². The summed E-state index contributed by atoms with van der Waals surface area (Å²) in [5.41, 5.74) is 0. The van der Waals surface area contributed by atoms with Crippen LogP contribution in [0.1, 0.15) is 131 Å². The number of carbonyl (C=O) groups is 1. The van der Waals surface area contributed by atoms with Crippen molar-refractivity contribution in [3.8, 4) is 0 Å². The average molecular weight is 443 g/mol. The minimum atomic E-state index is -1.81. The molecule has 0 unspecified atom stereocenters. The van der Waals surface area contributed by atoms with E-state index in [1.54, 1.807) is 0 Å². The molecule has 0 bridgehead atoms. The quantitative estimate of drug-likeness (QED) is 0.114. The summed E-state index contributed by atoms with van der Waals surface area (Å²) in [6, 6.07) is 0. The van der Waals surface area contributed by atoms with Crippen molar-refractivity contribution in [3.63, 3.8) is 0 Å². The van der Waals surface area contributed by atoms with Crippen LogP contribution in [0.2, 0.25) is 18.1 Å². The Kier molecular flexibility index (Phi) is 17.0. The van der Waals surface area contributed by atoms with Crippen molar-refractivity contribution < 1.29 is 14.0 Å². The van der Waals surface area contributed by atoms with E-state index >= 15 is 0 Å². The molecule has 0 spiro atoms. The van der Waals surface area contributed by atoms with Gasteiger partial charge in [0, 0.05) is 12.5 Å². The number of esters is 1. The van der Waals surface area contributed by atoms with Crippen LogP contribution in [0.5, 0.6) is 0 Å². The van der Waals surface area contributed by atoms with Crippen LogP contribution in [0.3, 0.4) is 0 Å². The van der Waals surface area contributed by atoms with E-state index in [0.29, 0.717) is 13.0 Å². The van der Waals surface area contributed by atoms with Crippen molar-refractivity contribution in [2.75, 3.05) is 6.61 Å². The highest BCUT2D eigenvalue weighted by molar-refractivity contribution is 6.74. The zero-order chi connectivity index (χ0) is 22.9. The number of unbranched alkanes of at least 4 members (excludes halogenated alkanes) is 11. The second-order valence-electron chi connectivity index (χ2n) is 10.5. The lowest BCUT2D eigenvalue weighted by molar-refractivity contribution is -0.143. The first-order valence-corrected chi connectivity index (χ1v) is 15.9. The molecule has 3 nitrogen and oxygen atoms in total. The third-order valence-corrected chi connectivity index (χ3v) is 11.2. The summed E-state index contributed by atoms with van der Waals surface area (Å²) >= 11 is 0. The van der Waals surface area contributed by atoms with Crippen LogP contribution in [0.15, 0.2) is 0 Å². The van der Waals surface area contributed by atoms with Crippen LogP contribution in [0.4, 0.5) is 0 Å². The highest BCUT2D eigenvalue weighted by Gasteiger charge is 2.39. The van der Waals surface area contributed by atoms with Crippen LogP contribution < -0.4 is 0 Å². The van der Waals surface area contributed by atoms with E-state index in [4.69, 9.17) is 9.16 Å². The van der Waals surface area contributed by atoms with Gasteiger partial charge in [-0.2, -0.15) is 0 Å². The minimum Gasteiger partial charge on any atom is -0.466 e. The molecule has 0 rings (SSSR count). The first-order valence-electron chi connectivity index (χ1n) is 13.0. The molecular formula is C26H54O3Si. The van der Waals surface area contributed by atoms with Crippen molar-refractivity contribution in [1.29, 1.82) is 0 Å². The average Bonchev–Trinajstić information content (AvgIpc) is 2.66. The molecule has 1 atom stereocenters. The van der Waals surface area contributed by atoms with E-state index < -0.39 is 8.32 Å². The van der Waals surface area contributed by atoms with E-state index in [2.05, 4.69) is 40.8 Å². The Balaban J connectivity index is 4.10. The minimum absolute atomic E-state index is 0.0870. The van der Waals surface area contributed by atoms with Gasteiger partial charge in [0.25, 0.3) is 0 Å². The smallest absolute Gasteiger partial charge is 0.305 e. The molecule has 0 aromatic rings. The Labute approximate surface area is 190 Å². The van der Waals surface area contributed by atoms with Crippen molar-refractivity contribution in [3.05, 3.63) is 0 Å². The highest BCUT2D eigenvalue weighted by Crippen LogP contribution is 2.38. The summed E-state index contributed by atoms with van der Waals surface area (Å²) in [4.78, 5) is 11.8.